The maximum absolute atomic E-state index is 11.9. The van der Waals surface area contributed by atoms with Crippen molar-refractivity contribution in [1.29, 1.82) is 5.26 Å². The minimum Gasteiger partial charge on any atom is -0.227 e. The van der Waals surface area contributed by atoms with E-state index in [0.717, 1.165) is 12.1 Å². The molecule has 1 aromatic carbocycles. The summed E-state index contributed by atoms with van der Waals surface area (Å²) in [5, 5.41) is 9.00. The quantitative estimate of drug-likeness (QED) is 0.829. The van der Waals surface area contributed by atoms with Crippen LogP contribution in [0.25, 0.3) is 0 Å². The van der Waals surface area contributed by atoms with E-state index >= 15 is 0 Å². The van der Waals surface area contributed by atoms with E-state index in [4.69, 9.17) is 16.9 Å². The summed E-state index contributed by atoms with van der Waals surface area (Å²) < 4.78 is 44.1. The van der Waals surface area contributed by atoms with Crippen molar-refractivity contribution in [2.45, 2.75) is 9.48 Å². The number of benzene rings is 1. The van der Waals surface area contributed by atoms with Crippen molar-refractivity contribution in [2.24, 2.45) is 0 Å². The third-order valence-electron chi connectivity index (χ3n) is 1.92. The Kier molecular flexibility index (Phi) is 3.81. The molecule has 1 unspecified atom stereocenters. The van der Waals surface area contributed by atoms with Gasteiger partial charge >= 0.3 is 0 Å². The molecule has 0 heterocycles. The molecule has 1 atom stereocenters. The molecule has 0 aromatic heterocycles. The lowest BCUT2D eigenvalue weighted by atomic mass is 10.4. The zero-order chi connectivity index (χ0) is 13.3. The first-order valence-corrected chi connectivity index (χ1v) is 8.15. The van der Waals surface area contributed by atoms with E-state index in [1.54, 1.807) is 0 Å². The standard InChI is InChI=1S/C9H8ClNO4S2/c1-16(12,13)9(6-11)17(14,15)8-4-2-7(10)3-5-8/h2-5,9H,1H3. The van der Waals surface area contributed by atoms with E-state index in [2.05, 4.69) is 0 Å². The summed E-state index contributed by atoms with van der Waals surface area (Å²) in [5.74, 6) is 0. The minimum atomic E-state index is -4.23. The number of hydrogen-bond donors (Lipinski definition) is 0. The van der Waals surface area contributed by atoms with Gasteiger partial charge in [0.25, 0.3) is 4.58 Å². The van der Waals surface area contributed by atoms with Gasteiger partial charge < -0.3 is 0 Å². The van der Waals surface area contributed by atoms with E-state index < -0.39 is 24.3 Å². The van der Waals surface area contributed by atoms with Crippen molar-refractivity contribution in [3.05, 3.63) is 29.3 Å². The molecule has 0 amide bonds. The van der Waals surface area contributed by atoms with Crippen molar-refractivity contribution in [1.82, 2.24) is 0 Å². The maximum Gasteiger partial charge on any atom is 0.252 e. The highest BCUT2D eigenvalue weighted by atomic mass is 35.5. The number of halogens is 1. The molecule has 0 saturated carbocycles. The van der Waals surface area contributed by atoms with Crippen molar-refractivity contribution < 1.29 is 16.8 Å². The van der Waals surface area contributed by atoms with Gasteiger partial charge in [-0.15, -0.1) is 0 Å². The molecule has 0 spiro atoms. The van der Waals surface area contributed by atoms with E-state index in [1.807, 2.05) is 0 Å². The Morgan fingerprint density at radius 1 is 1.18 bits per heavy atom. The topological polar surface area (TPSA) is 92.1 Å². The van der Waals surface area contributed by atoms with Crippen LogP contribution in [0, 0.1) is 11.3 Å². The summed E-state index contributed by atoms with van der Waals surface area (Å²) in [5.41, 5.74) is 0. The molecule has 92 valence electrons. The summed E-state index contributed by atoms with van der Waals surface area (Å²) in [6, 6.07) is 6.23. The predicted octanol–water partition coefficient (Wildman–Crippen LogP) is 1.01. The van der Waals surface area contributed by atoms with Crippen molar-refractivity contribution in [2.75, 3.05) is 6.26 Å². The minimum absolute atomic E-state index is 0.251. The first-order valence-electron chi connectivity index (χ1n) is 4.27. The van der Waals surface area contributed by atoms with Gasteiger partial charge in [0, 0.05) is 11.3 Å². The van der Waals surface area contributed by atoms with Crippen molar-refractivity contribution >= 4 is 31.3 Å². The molecule has 0 aliphatic rings. The Morgan fingerprint density at radius 3 is 2.00 bits per heavy atom. The van der Waals surface area contributed by atoms with Crippen LogP contribution in [0.1, 0.15) is 0 Å². The number of nitriles is 1. The highest BCUT2D eigenvalue weighted by Gasteiger charge is 2.36. The van der Waals surface area contributed by atoms with Gasteiger partial charge in [0.05, 0.1) is 11.0 Å². The Bertz CT molecular complexity index is 656. The summed E-state index contributed by atoms with van der Waals surface area (Å²) in [7, 11) is -8.25. The van der Waals surface area contributed by atoms with Gasteiger partial charge in [0.1, 0.15) is 0 Å². The molecule has 0 saturated heterocycles. The number of nitrogens with zero attached hydrogens (tertiary/aromatic N) is 1. The Hall–Kier alpha value is -1.10. The smallest absolute Gasteiger partial charge is 0.227 e. The molecule has 0 fully saturated rings. The van der Waals surface area contributed by atoms with Gasteiger partial charge in [0.2, 0.25) is 9.84 Å². The van der Waals surface area contributed by atoms with Crippen LogP contribution in [-0.2, 0) is 19.7 Å². The first kappa shape index (κ1) is 14.0. The van der Waals surface area contributed by atoms with Gasteiger partial charge in [-0.25, -0.2) is 16.8 Å². The monoisotopic (exact) mass is 293 g/mol. The zero-order valence-corrected chi connectivity index (χ0v) is 11.1. The van der Waals surface area contributed by atoms with Crippen LogP contribution < -0.4 is 0 Å². The van der Waals surface area contributed by atoms with Gasteiger partial charge in [-0.1, -0.05) is 11.6 Å². The highest BCUT2D eigenvalue weighted by molar-refractivity contribution is 8.09. The lowest BCUT2D eigenvalue weighted by molar-refractivity contribution is 0.585. The molecule has 0 aliphatic heterocycles. The summed E-state index contributed by atoms with van der Waals surface area (Å²) in [6.07, 6.45) is 0.703. The van der Waals surface area contributed by atoms with Gasteiger partial charge in [-0.05, 0) is 24.3 Å². The van der Waals surface area contributed by atoms with Gasteiger partial charge in [-0.2, -0.15) is 5.26 Å². The SMILES string of the molecule is CS(=O)(=O)C(C#N)S(=O)(=O)c1ccc(Cl)cc1. The Morgan fingerprint density at radius 2 is 1.65 bits per heavy atom. The zero-order valence-electron chi connectivity index (χ0n) is 8.66. The lowest BCUT2D eigenvalue weighted by Crippen LogP contribution is -2.28. The third kappa shape index (κ3) is 2.97. The molecule has 0 N–H and O–H groups in total. The molecule has 5 nitrogen and oxygen atoms in total. The lowest BCUT2D eigenvalue weighted by Gasteiger charge is -2.08. The van der Waals surface area contributed by atoms with E-state index in [-0.39, 0.29) is 4.90 Å². The fourth-order valence-corrected chi connectivity index (χ4v) is 4.54. The average Bonchev–Trinajstić information content (AvgIpc) is 2.16. The maximum atomic E-state index is 11.9. The highest BCUT2D eigenvalue weighted by Crippen LogP contribution is 2.21. The van der Waals surface area contributed by atoms with Crippen LogP contribution in [0.15, 0.2) is 29.2 Å². The predicted molar refractivity (Wildman–Crippen MR) is 62.9 cm³/mol. The van der Waals surface area contributed by atoms with Crippen LogP contribution in [0.5, 0.6) is 0 Å². The van der Waals surface area contributed by atoms with Crippen LogP contribution in [0.4, 0.5) is 0 Å². The summed E-state index contributed by atoms with van der Waals surface area (Å²) >= 11 is 5.59. The summed E-state index contributed by atoms with van der Waals surface area (Å²) in [4.78, 5) is -0.251. The Labute approximate surface area is 104 Å². The third-order valence-corrected chi connectivity index (χ3v) is 6.46. The van der Waals surface area contributed by atoms with E-state index in [0.29, 0.717) is 11.3 Å². The van der Waals surface area contributed by atoms with Gasteiger partial charge in [-0.3, -0.25) is 0 Å². The van der Waals surface area contributed by atoms with E-state index in [9.17, 15) is 16.8 Å². The van der Waals surface area contributed by atoms with Gasteiger partial charge in [0.15, 0.2) is 9.84 Å². The molecule has 0 aliphatic carbocycles. The number of sulfone groups is 2. The van der Waals surface area contributed by atoms with Crippen LogP contribution >= 0.6 is 11.6 Å². The second-order valence-corrected chi connectivity index (χ2v) is 8.19. The molecule has 1 aromatic rings. The average molecular weight is 294 g/mol. The van der Waals surface area contributed by atoms with Crippen LogP contribution in [0.3, 0.4) is 0 Å². The molecular formula is C9H8ClNO4S2. The fraction of sp³-hybridized carbons (Fsp3) is 0.222. The van der Waals surface area contributed by atoms with Crippen LogP contribution in [0.2, 0.25) is 5.02 Å². The summed E-state index contributed by atoms with van der Waals surface area (Å²) in [6.45, 7) is 0. The largest absolute Gasteiger partial charge is 0.252 e. The second kappa shape index (κ2) is 4.64. The fourth-order valence-electron chi connectivity index (χ4n) is 1.14. The Balaban J connectivity index is 3.39. The normalized spacial score (nSPS) is 13.9. The van der Waals surface area contributed by atoms with Crippen LogP contribution in [-0.4, -0.2) is 27.7 Å². The van der Waals surface area contributed by atoms with E-state index in [1.165, 1.54) is 18.2 Å². The van der Waals surface area contributed by atoms with Crippen molar-refractivity contribution in [3.63, 3.8) is 0 Å². The first-order chi connectivity index (χ1) is 7.69. The molecular weight excluding hydrogens is 286 g/mol. The second-order valence-electron chi connectivity index (χ2n) is 3.29. The molecule has 1 rings (SSSR count). The molecule has 0 bridgehead atoms. The molecule has 0 radical (unpaired) electrons. The molecule has 8 heteroatoms. The molecule has 17 heavy (non-hydrogen) atoms. The number of rotatable bonds is 3. The van der Waals surface area contributed by atoms with Crippen molar-refractivity contribution in [3.8, 4) is 6.07 Å². The number of hydrogen-bond acceptors (Lipinski definition) is 5.